The van der Waals surface area contributed by atoms with E-state index in [1.54, 1.807) is 30.3 Å². The first kappa shape index (κ1) is 14.8. The zero-order valence-corrected chi connectivity index (χ0v) is 12.5. The van der Waals surface area contributed by atoms with Crippen molar-refractivity contribution in [3.05, 3.63) is 56.5 Å². The van der Waals surface area contributed by atoms with Crippen molar-refractivity contribution < 1.29 is 9.66 Å². The lowest BCUT2D eigenvalue weighted by Gasteiger charge is -2.13. The van der Waals surface area contributed by atoms with Gasteiger partial charge in [-0.3, -0.25) is 10.1 Å². The number of para-hydroxylation sites is 1. The normalized spacial score (nSPS) is 9.76. The van der Waals surface area contributed by atoms with Gasteiger partial charge in [0.25, 0.3) is 5.69 Å². The number of methoxy groups -OCH3 is 1. The van der Waals surface area contributed by atoms with Crippen LogP contribution in [0.25, 0.3) is 0 Å². The SMILES string of the molecule is COc1cccc(C#N)c1Nc1ccc(Br)cc1[N+](=O)[O-]. The lowest BCUT2D eigenvalue weighted by Crippen LogP contribution is -2.00. The molecule has 0 radical (unpaired) electrons. The number of nitro groups is 1. The first-order valence-corrected chi connectivity index (χ1v) is 6.64. The minimum atomic E-state index is -0.492. The van der Waals surface area contributed by atoms with Crippen LogP contribution in [0, 0.1) is 21.4 Å². The van der Waals surface area contributed by atoms with Crippen molar-refractivity contribution in [2.75, 3.05) is 12.4 Å². The Morgan fingerprint density at radius 3 is 2.76 bits per heavy atom. The molecule has 2 aromatic rings. The second-order valence-corrected chi connectivity index (χ2v) is 4.95. The number of nitro benzene ring substituents is 1. The van der Waals surface area contributed by atoms with E-state index >= 15 is 0 Å². The number of nitriles is 1. The fourth-order valence-corrected chi connectivity index (χ4v) is 2.17. The highest BCUT2D eigenvalue weighted by atomic mass is 79.9. The Labute approximate surface area is 129 Å². The molecule has 2 rings (SSSR count). The molecule has 0 saturated heterocycles. The van der Waals surface area contributed by atoms with Crippen LogP contribution >= 0.6 is 15.9 Å². The molecule has 0 saturated carbocycles. The Morgan fingerprint density at radius 1 is 1.38 bits per heavy atom. The van der Waals surface area contributed by atoms with Crippen LogP contribution in [0.3, 0.4) is 0 Å². The maximum atomic E-state index is 11.1. The smallest absolute Gasteiger partial charge is 0.293 e. The van der Waals surface area contributed by atoms with Gasteiger partial charge in [-0.1, -0.05) is 22.0 Å². The molecule has 21 heavy (non-hydrogen) atoms. The van der Waals surface area contributed by atoms with Gasteiger partial charge in [-0.15, -0.1) is 0 Å². The Balaban J connectivity index is 2.53. The van der Waals surface area contributed by atoms with Crippen molar-refractivity contribution in [1.29, 1.82) is 5.26 Å². The summed E-state index contributed by atoms with van der Waals surface area (Å²) in [5.74, 6) is 0.436. The standard InChI is InChI=1S/C14H10BrN3O3/c1-21-13-4-2-3-9(8-16)14(13)17-11-6-5-10(15)7-12(11)18(19)20/h2-7,17H,1H3. The van der Waals surface area contributed by atoms with Crippen molar-refractivity contribution in [3.63, 3.8) is 0 Å². The summed E-state index contributed by atoms with van der Waals surface area (Å²) in [5.41, 5.74) is 0.919. The first-order valence-electron chi connectivity index (χ1n) is 5.85. The van der Waals surface area contributed by atoms with E-state index in [2.05, 4.69) is 21.2 Å². The minimum Gasteiger partial charge on any atom is -0.495 e. The predicted octanol–water partition coefficient (Wildman–Crippen LogP) is 3.98. The van der Waals surface area contributed by atoms with Gasteiger partial charge in [0.05, 0.1) is 23.3 Å². The van der Waals surface area contributed by atoms with Gasteiger partial charge in [-0.2, -0.15) is 5.26 Å². The Morgan fingerprint density at radius 2 is 2.14 bits per heavy atom. The maximum absolute atomic E-state index is 11.1. The molecule has 0 unspecified atom stereocenters. The molecule has 0 aromatic heterocycles. The molecule has 1 N–H and O–H groups in total. The van der Waals surface area contributed by atoms with Crippen LogP contribution in [-0.4, -0.2) is 12.0 Å². The van der Waals surface area contributed by atoms with Crippen LogP contribution in [0.1, 0.15) is 5.56 Å². The Kier molecular flexibility index (Phi) is 4.40. The van der Waals surface area contributed by atoms with Crippen LogP contribution in [-0.2, 0) is 0 Å². The molecule has 0 aliphatic carbocycles. The van der Waals surface area contributed by atoms with E-state index in [0.29, 0.717) is 21.5 Å². The van der Waals surface area contributed by atoms with Crippen molar-refractivity contribution in [3.8, 4) is 11.8 Å². The molecule has 0 heterocycles. The van der Waals surface area contributed by atoms with E-state index in [9.17, 15) is 10.1 Å². The Hall–Kier alpha value is -2.59. The summed E-state index contributed by atoms with van der Waals surface area (Å²) in [4.78, 5) is 10.6. The number of anilines is 2. The molecule has 0 atom stereocenters. The number of benzene rings is 2. The van der Waals surface area contributed by atoms with Crippen LogP contribution in [0.4, 0.5) is 17.1 Å². The van der Waals surface area contributed by atoms with E-state index in [-0.39, 0.29) is 11.4 Å². The largest absolute Gasteiger partial charge is 0.495 e. The molecule has 7 heteroatoms. The predicted molar refractivity (Wildman–Crippen MR) is 81.8 cm³/mol. The van der Waals surface area contributed by atoms with Crippen molar-refractivity contribution >= 4 is 33.0 Å². The summed E-state index contributed by atoms with van der Waals surface area (Å²) in [6.07, 6.45) is 0. The molecular weight excluding hydrogens is 338 g/mol. The van der Waals surface area contributed by atoms with Crippen molar-refractivity contribution in [2.45, 2.75) is 0 Å². The van der Waals surface area contributed by atoms with Gasteiger partial charge in [-0.05, 0) is 24.3 Å². The lowest BCUT2D eigenvalue weighted by molar-refractivity contribution is -0.384. The van der Waals surface area contributed by atoms with E-state index in [4.69, 9.17) is 10.00 Å². The second kappa shape index (κ2) is 6.24. The van der Waals surface area contributed by atoms with E-state index < -0.39 is 4.92 Å². The van der Waals surface area contributed by atoms with E-state index in [1.165, 1.54) is 13.2 Å². The lowest BCUT2D eigenvalue weighted by atomic mass is 10.1. The van der Waals surface area contributed by atoms with Gasteiger partial charge in [0, 0.05) is 10.5 Å². The highest BCUT2D eigenvalue weighted by Gasteiger charge is 2.17. The maximum Gasteiger partial charge on any atom is 0.293 e. The average Bonchev–Trinajstić information content (AvgIpc) is 2.48. The summed E-state index contributed by atoms with van der Waals surface area (Å²) >= 11 is 3.20. The summed E-state index contributed by atoms with van der Waals surface area (Å²) in [6, 6.07) is 11.6. The first-order chi connectivity index (χ1) is 10.1. The minimum absolute atomic E-state index is 0.0980. The van der Waals surface area contributed by atoms with Gasteiger partial charge < -0.3 is 10.1 Å². The fraction of sp³-hybridized carbons (Fsp3) is 0.0714. The Bertz CT molecular complexity index is 741. The number of hydrogen-bond donors (Lipinski definition) is 1. The molecule has 106 valence electrons. The van der Waals surface area contributed by atoms with Crippen LogP contribution in [0.2, 0.25) is 0 Å². The molecule has 0 amide bonds. The molecule has 6 nitrogen and oxygen atoms in total. The molecule has 2 aromatic carbocycles. The van der Waals surface area contributed by atoms with Crippen molar-refractivity contribution in [2.24, 2.45) is 0 Å². The monoisotopic (exact) mass is 347 g/mol. The quantitative estimate of drug-likeness (QED) is 0.667. The molecule has 0 aliphatic rings. The van der Waals surface area contributed by atoms with Gasteiger partial charge in [0.2, 0.25) is 0 Å². The van der Waals surface area contributed by atoms with Gasteiger partial charge in [0.15, 0.2) is 0 Å². The number of ether oxygens (including phenoxy) is 1. The van der Waals surface area contributed by atoms with Crippen LogP contribution in [0.5, 0.6) is 5.75 Å². The van der Waals surface area contributed by atoms with Crippen molar-refractivity contribution in [1.82, 2.24) is 0 Å². The third-order valence-corrected chi connectivity index (χ3v) is 3.28. The number of rotatable bonds is 4. The number of nitrogens with zero attached hydrogens (tertiary/aromatic N) is 2. The number of hydrogen-bond acceptors (Lipinski definition) is 5. The molecular formula is C14H10BrN3O3. The third-order valence-electron chi connectivity index (χ3n) is 2.78. The average molecular weight is 348 g/mol. The summed E-state index contributed by atoms with van der Waals surface area (Å²) in [6.45, 7) is 0. The van der Waals surface area contributed by atoms with Gasteiger partial charge >= 0.3 is 0 Å². The summed E-state index contributed by atoms with van der Waals surface area (Å²) in [7, 11) is 1.47. The summed E-state index contributed by atoms with van der Waals surface area (Å²) in [5, 5.41) is 23.2. The zero-order chi connectivity index (χ0) is 15.4. The van der Waals surface area contributed by atoms with Gasteiger partial charge in [0.1, 0.15) is 17.5 Å². The fourth-order valence-electron chi connectivity index (χ4n) is 1.82. The molecule has 0 aliphatic heterocycles. The summed E-state index contributed by atoms with van der Waals surface area (Å²) < 4.78 is 5.79. The molecule has 0 spiro atoms. The zero-order valence-electron chi connectivity index (χ0n) is 11.0. The highest BCUT2D eigenvalue weighted by molar-refractivity contribution is 9.10. The number of nitrogens with one attached hydrogen (secondary N) is 1. The molecule has 0 bridgehead atoms. The highest BCUT2D eigenvalue weighted by Crippen LogP contribution is 2.35. The van der Waals surface area contributed by atoms with E-state index in [0.717, 1.165) is 0 Å². The van der Waals surface area contributed by atoms with Gasteiger partial charge in [-0.25, -0.2) is 0 Å². The molecule has 0 fully saturated rings. The van der Waals surface area contributed by atoms with Crippen LogP contribution < -0.4 is 10.1 Å². The van der Waals surface area contributed by atoms with Crippen LogP contribution in [0.15, 0.2) is 40.9 Å². The van der Waals surface area contributed by atoms with E-state index in [1.807, 2.05) is 6.07 Å². The topological polar surface area (TPSA) is 88.2 Å². The third kappa shape index (κ3) is 3.12. The number of halogens is 1. The second-order valence-electron chi connectivity index (χ2n) is 4.04.